The Morgan fingerprint density at radius 2 is 1.45 bits per heavy atom. The monoisotopic (exact) mass is 667 g/mol. The molecule has 2 rings (SSSR count). The SMILES string of the molecule is COC(=O)CCCc1ccc(C(CCC(F)(F)C(F)(F)C(F)(C(F)(F)F)C(F)(F)F)NS(=O)(=O)c2ccc(F)cc2)s1. The van der Waals surface area contributed by atoms with Crippen LogP contribution in [0.25, 0.3) is 0 Å². The van der Waals surface area contributed by atoms with E-state index in [1.165, 1.54) is 6.07 Å². The first kappa shape index (κ1) is 35.7. The number of sulfonamides is 1. The molecule has 0 fully saturated rings. The van der Waals surface area contributed by atoms with Crippen molar-refractivity contribution in [3.05, 3.63) is 52.0 Å². The van der Waals surface area contributed by atoms with Gasteiger partial charge < -0.3 is 4.74 Å². The summed E-state index contributed by atoms with van der Waals surface area (Å²) in [7, 11) is -3.64. The van der Waals surface area contributed by atoms with E-state index < -0.39 is 75.5 Å². The molecule has 1 aromatic heterocycles. The number of hydrogen-bond donors (Lipinski definition) is 1. The molecule has 1 heterocycles. The minimum Gasteiger partial charge on any atom is -0.469 e. The van der Waals surface area contributed by atoms with Crippen LogP contribution in [0.3, 0.4) is 0 Å². The van der Waals surface area contributed by atoms with Gasteiger partial charge in [0.05, 0.1) is 18.0 Å². The summed E-state index contributed by atoms with van der Waals surface area (Å²) in [5.41, 5.74) is -7.64. The number of carbonyl (C=O) groups is 1. The number of rotatable bonds is 13. The summed E-state index contributed by atoms with van der Waals surface area (Å²) in [5, 5.41) is 0. The number of halogens is 12. The molecule has 1 atom stereocenters. The molecule has 0 aliphatic heterocycles. The highest BCUT2D eigenvalue weighted by atomic mass is 32.2. The number of benzene rings is 1. The van der Waals surface area contributed by atoms with Crippen molar-refractivity contribution in [1.82, 2.24) is 4.72 Å². The summed E-state index contributed by atoms with van der Waals surface area (Å²) in [5.74, 6) is -15.1. The maximum Gasteiger partial charge on any atom is 0.438 e. The molecule has 0 bridgehead atoms. The molecule has 42 heavy (non-hydrogen) atoms. The lowest BCUT2D eigenvalue weighted by molar-refractivity contribution is -0.427. The number of hydrogen-bond acceptors (Lipinski definition) is 5. The number of ether oxygens (including phenoxy) is 1. The Morgan fingerprint density at radius 1 is 0.905 bits per heavy atom. The number of aryl methyl sites for hydroxylation is 1. The molecule has 1 unspecified atom stereocenters. The van der Waals surface area contributed by atoms with Crippen molar-refractivity contribution in [3.63, 3.8) is 0 Å². The second-order valence-corrected chi connectivity index (χ2v) is 11.7. The number of nitrogens with one attached hydrogen (secondary N) is 1. The third-order valence-electron chi connectivity index (χ3n) is 5.90. The van der Waals surface area contributed by atoms with Crippen LogP contribution in [0.5, 0.6) is 0 Å². The van der Waals surface area contributed by atoms with E-state index in [-0.39, 0.29) is 24.1 Å². The summed E-state index contributed by atoms with van der Waals surface area (Å²) < 4.78 is 194. The zero-order valence-electron chi connectivity index (χ0n) is 21.1. The van der Waals surface area contributed by atoms with Crippen molar-refractivity contribution in [2.24, 2.45) is 0 Å². The molecule has 0 spiro atoms. The Morgan fingerprint density at radius 3 is 1.95 bits per heavy atom. The van der Waals surface area contributed by atoms with Gasteiger partial charge in [-0.2, -0.15) is 43.9 Å². The molecule has 1 aromatic carbocycles. The van der Waals surface area contributed by atoms with Gasteiger partial charge >= 0.3 is 35.8 Å². The quantitative estimate of drug-likeness (QED) is 0.180. The highest BCUT2D eigenvalue weighted by Crippen LogP contribution is 2.60. The number of esters is 1. The summed E-state index contributed by atoms with van der Waals surface area (Å²) >= 11 is 0.705. The third kappa shape index (κ3) is 7.50. The normalized spacial score (nSPS) is 14.6. The highest BCUT2D eigenvalue weighted by Gasteiger charge is 2.89. The first-order valence-electron chi connectivity index (χ1n) is 11.5. The standard InChI is InChI=1S/C23H21F12NO4S2/c1-40-18(37)4-2-3-14-7-10-17(41-14)16(36-42(38,39)15-8-5-13(24)6-9-15)11-12-19(25,26)21(28,29)20(27,22(30,31)32)23(33,34)35/h5-10,16,36H,2-4,11-12H2,1H3. The molecule has 1 N–H and O–H groups in total. The molecular weight excluding hydrogens is 646 g/mol. The van der Waals surface area contributed by atoms with Crippen molar-refractivity contribution in [3.8, 4) is 0 Å². The van der Waals surface area contributed by atoms with Crippen LogP contribution in [-0.4, -0.2) is 51.4 Å². The van der Waals surface area contributed by atoms with Gasteiger partial charge in [-0.05, 0) is 55.7 Å². The van der Waals surface area contributed by atoms with Gasteiger partial charge in [-0.3, -0.25) is 4.79 Å². The molecule has 0 saturated carbocycles. The van der Waals surface area contributed by atoms with Crippen molar-refractivity contribution < 1.29 is 70.6 Å². The highest BCUT2D eigenvalue weighted by molar-refractivity contribution is 7.89. The van der Waals surface area contributed by atoms with Crippen LogP contribution in [0.1, 0.15) is 41.5 Å². The summed E-state index contributed by atoms with van der Waals surface area (Å²) in [6, 6.07) is 3.34. The maximum atomic E-state index is 14.5. The fourth-order valence-corrected chi connectivity index (χ4v) is 6.07. The van der Waals surface area contributed by atoms with Crippen molar-refractivity contribution in [2.75, 3.05) is 7.11 Å². The smallest absolute Gasteiger partial charge is 0.438 e. The molecular formula is C23H21F12NO4S2. The predicted octanol–water partition coefficient (Wildman–Crippen LogP) is 7.29. The van der Waals surface area contributed by atoms with Crippen molar-refractivity contribution >= 4 is 27.3 Å². The lowest BCUT2D eigenvalue weighted by Crippen LogP contribution is -2.70. The lowest BCUT2D eigenvalue weighted by Gasteiger charge is -2.39. The number of thiophene rings is 1. The zero-order valence-corrected chi connectivity index (χ0v) is 22.7. The Bertz CT molecular complexity index is 1310. The Balaban J connectivity index is 2.44. The molecule has 5 nitrogen and oxygen atoms in total. The number of carbonyl (C=O) groups excluding carboxylic acids is 1. The van der Waals surface area contributed by atoms with E-state index in [4.69, 9.17) is 0 Å². The second kappa shape index (κ2) is 12.6. The zero-order chi connectivity index (χ0) is 32.4. The van der Waals surface area contributed by atoms with Gasteiger partial charge in [0, 0.05) is 22.6 Å². The van der Waals surface area contributed by atoms with Gasteiger partial charge in [-0.1, -0.05) is 0 Å². The van der Waals surface area contributed by atoms with Crippen LogP contribution < -0.4 is 4.72 Å². The fraction of sp³-hybridized carbons (Fsp3) is 0.522. The average Bonchev–Trinajstić information content (AvgIpc) is 3.33. The summed E-state index contributed by atoms with van der Waals surface area (Å²) in [6.45, 7) is 0. The van der Waals surface area contributed by atoms with Crippen LogP contribution in [0.4, 0.5) is 52.7 Å². The Labute approximate surface area is 234 Å². The van der Waals surface area contributed by atoms with Gasteiger partial charge in [0.15, 0.2) is 0 Å². The van der Waals surface area contributed by atoms with Crippen LogP contribution >= 0.6 is 11.3 Å². The van der Waals surface area contributed by atoms with Crippen LogP contribution in [0.15, 0.2) is 41.3 Å². The summed E-state index contributed by atoms with van der Waals surface area (Å²) in [4.78, 5) is 10.8. The molecule has 19 heteroatoms. The molecule has 0 aliphatic rings. The van der Waals surface area contributed by atoms with E-state index >= 15 is 0 Å². The van der Waals surface area contributed by atoms with Crippen molar-refractivity contribution in [2.45, 2.75) is 72.9 Å². The third-order valence-corrected chi connectivity index (χ3v) is 8.65. The fourth-order valence-electron chi connectivity index (χ4n) is 3.60. The van der Waals surface area contributed by atoms with Gasteiger partial charge in [-0.25, -0.2) is 21.9 Å². The van der Waals surface area contributed by atoms with E-state index in [0.29, 0.717) is 28.3 Å². The molecule has 2 aromatic rings. The number of methoxy groups -OCH3 is 1. The summed E-state index contributed by atoms with van der Waals surface area (Å²) in [6.07, 6.45) is -18.8. The van der Waals surface area contributed by atoms with Gasteiger partial charge in [0.25, 0.3) is 0 Å². The van der Waals surface area contributed by atoms with Gasteiger partial charge in [0.2, 0.25) is 10.0 Å². The largest absolute Gasteiger partial charge is 0.469 e. The topological polar surface area (TPSA) is 72.5 Å². The van der Waals surface area contributed by atoms with E-state index in [2.05, 4.69) is 4.74 Å². The maximum absolute atomic E-state index is 14.5. The van der Waals surface area contributed by atoms with Crippen LogP contribution in [-0.2, 0) is 26.0 Å². The molecule has 0 radical (unpaired) electrons. The van der Waals surface area contributed by atoms with Crippen molar-refractivity contribution in [1.29, 1.82) is 0 Å². The van der Waals surface area contributed by atoms with Crippen LogP contribution in [0.2, 0.25) is 0 Å². The minimum atomic E-state index is -7.64. The van der Waals surface area contributed by atoms with E-state index in [1.807, 2.05) is 4.72 Å². The molecule has 238 valence electrons. The molecule has 0 amide bonds. The lowest BCUT2D eigenvalue weighted by atomic mass is 9.88. The first-order chi connectivity index (χ1) is 19.0. The Hall–Kier alpha value is -2.54. The van der Waals surface area contributed by atoms with Gasteiger partial charge in [-0.15, -0.1) is 11.3 Å². The predicted molar refractivity (Wildman–Crippen MR) is 124 cm³/mol. The number of alkyl halides is 11. The van der Waals surface area contributed by atoms with E-state index in [0.717, 1.165) is 25.3 Å². The van der Waals surface area contributed by atoms with Gasteiger partial charge in [0.1, 0.15) is 5.82 Å². The minimum absolute atomic E-state index is 0.0605. The molecule has 0 saturated heterocycles. The Kier molecular flexibility index (Phi) is 10.7. The average molecular weight is 668 g/mol. The molecule has 0 aliphatic carbocycles. The second-order valence-electron chi connectivity index (χ2n) is 8.83. The van der Waals surface area contributed by atoms with Crippen LogP contribution in [0, 0.1) is 5.82 Å². The van der Waals surface area contributed by atoms with E-state index in [1.54, 1.807) is 0 Å². The van der Waals surface area contributed by atoms with E-state index in [9.17, 15) is 65.9 Å². The first-order valence-corrected chi connectivity index (χ1v) is 13.8.